The minimum atomic E-state index is -1.00. The molecular weight excluding hydrogens is 264 g/mol. The van der Waals surface area contributed by atoms with Gasteiger partial charge in [-0.1, -0.05) is 6.92 Å². The van der Waals surface area contributed by atoms with Crippen LogP contribution in [0.15, 0.2) is 24.3 Å². The van der Waals surface area contributed by atoms with E-state index in [0.717, 1.165) is 18.2 Å². The van der Waals surface area contributed by atoms with Gasteiger partial charge in [0.25, 0.3) is 0 Å². The van der Waals surface area contributed by atoms with Crippen LogP contribution in [0.2, 0.25) is 0 Å². The fourth-order valence-corrected chi connectivity index (χ4v) is 1.58. The highest BCUT2D eigenvalue weighted by Gasteiger charge is 2.16. The Labute approximate surface area is 117 Å². The highest BCUT2D eigenvalue weighted by molar-refractivity contribution is 5.99. The van der Waals surface area contributed by atoms with Crippen molar-refractivity contribution in [2.24, 2.45) is 5.92 Å². The van der Waals surface area contributed by atoms with Gasteiger partial charge in [0.05, 0.1) is 12.7 Å². The van der Waals surface area contributed by atoms with E-state index in [4.69, 9.17) is 9.47 Å². The maximum Gasteiger partial charge on any atom is 0.331 e. The van der Waals surface area contributed by atoms with Crippen LogP contribution < -0.4 is 0 Å². The van der Waals surface area contributed by atoms with Crippen molar-refractivity contribution in [2.75, 3.05) is 6.61 Å². The summed E-state index contributed by atoms with van der Waals surface area (Å²) in [6.45, 7) is 3.32. The Kier molecular flexibility index (Phi) is 6.11. The maximum atomic E-state index is 11.6. The molecule has 0 amide bonds. The molecule has 1 aliphatic heterocycles. The largest absolute Gasteiger partial charge is 0.462 e. The predicted octanol–water partition coefficient (Wildman–Crippen LogP) is 0.543. The summed E-state index contributed by atoms with van der Waals surface area (Å²) < 4.78 is 9.76. The van der Waals surface area contributed by atoms with Crippen LogP contribution in [0.5, 0.6) is 0 Å². The van der Waals surface area contributed by atoms with Gasteiger partial charge in [-0.2, -0.15) is 0 Å². The lowest BCUT2D eigenvalue weighted by Gasteiger charge is -2.14. The van der Waals surface area contributed by atoms with Gasteiger partial charge in [-0.15, -0.1) is 0 Å². The number of hydrogen-bond acceptors (Lipinski definition) is 6. The van der Waals surface area contributed by atoms with Crippen molar-refractivity contribution in [1.29, 1.82) is 0 Å². The van der Waals surface area contributed by atoms with Crippen molar-refractivity contribution in [2.45, 2.75) is 32.5 Å². The molecule has 0 aliphatic carbocycles. The summed E-state index contributed by atoms with van der Waals surface area (Å²) >= 11 is 0. The second-order valence-corrected chi connectivity index (χ2v) is 4.71. The van der Waals surface area contributed by atoms with E-state index in [1.165, 1.54) is 13.0 Å². The average molecular weight is 282 g/mol. The van der Waals surface area contributed by atoms with Crippen LogP contribution in [0.3, 0.4) is 0 Å². The van der Waals surface area contributed by atoms with Crippen molar-refractivity contribution in [3.05, 3.63) is 24.3 Å². The van der Waals surface area contributed by atoms with E-state index in [0.29, 0.717) is 6.42 Å². The molecule has 20 heavy (non-hydrogen) atoms. The molecule has 1 heterocycles. The fraction of sp³-hybridized carbons (Fsp3) is 0.500. The summed E-state index contributed by atoms with van der Waals surface area (Å²) in [5.41, 5.74) is 0. The first-order valence-electron chi connectivity index (χ1n) is 6.34. The van der Waals surface area contributed by atoms with Gasteiger partial charge < -0.3 is 14.6 Å². The highest BCUT2D eigenvalue weighted by atomic mass is 16.5. The number of carbonyl (C=O) groups excluding carboxylic acids is 3. The number of cyclic esters (lactones) is 2. The normalized spacial score (nSPS) is 32.8. The minimum Gasteiger partial charge on any atom is -0.462 e. The monoisotopic (exact) mass is 282 g/mol. The number of hydrogen-bond donors (Lipinski definition) is 1. The molecule has 0 aromatic rings. The van der Waals surface area contributed by atoms with Crippen LogP contribution >= 0.6 is 0 Å². The summed E-state index contributed by atoms with van der Waals surface area (Å²) in [7, 11) is 0. The number of rotatable bonds is 0. The van der Waals surface area contributed by atoms with Gasteiger partial charge in [-0.3, -0.25) is 4.79 Å². The van der Waals surface area contributed by atoms with E-state index in [2.05, 4.69) is 0 Å². The minimum absolute atomic E-state index is 0.0828. The molecule has 0 saturated heterocycles. The van der Waals surface area contributed by atoms with Crippen LogP contribution in [-0.2, 0) is 23.9 Å². The molecule has 0 unspecified atom stereocenters. The maximum absolute atomic E-state index is 11.6. The molecule has 0 bridgehead atoms. The third-order valence-electron chi connectivity index (χ3n) is 2.69. The Morgan fingerprint density at radius 3 is 2.50 bits per heavy atom. The topological polar surface area (TPSA) is 89.9 Å². The van der Waals surface area contributed by atoms with Gasteiger partial charge in [0.15, 0.2) is 11.9 Å². The second-order valence-electron chi connectivity index (χ2n) is 4.71. The van der Waals surface area contributed by atoms with Crippen LogP contribution in [-0.4, -0.2) is 41.6 Å². The molecule has 0 spiro atoms. The number of ether oxygens (including phenoxy) is 2. The zero-order valence-electron chi connectivity index (χ0n) is 11.4. The summed E-state index contributed by atoms with van der Waals surface area (Å²) in [5.74, 6) is -1.97. The Balaban J connectivity index is 2.82. The Hall–Kier alpha value is -1.95. The zero-order valence-corrected chi connectivity index (χ0v) is 11.4. The second kappa shape index (κ2) is 7.59. The average Bonchev–Trinajstić information content (AvgIpc) is 2.39. The van der Waals surface area contributed by atoms with Crippen molar-refractivity contribution in [3.63, 3.8) is 0 Å². The SMILES string of the molecule is C[C@@H]1COC(=O)/C=C/C(=O)[C@@H](C)OC(=O)/C=C/[C@H](O)C1. The lowest BCUT2D eigenvalue weighted by atomic mass is 10.0. The first-order chi connectivity index (χ1) is 9.38. The van der Waals surface area contributed by atoms with Crippen LogP contribution in [0.1, 0.15) is 20.3 Å². The van der Waals surface area contributed by atoms with Crippen LogP contribution in [0.25, 0.3) is 0 Å². The predicted molar refractivity (Wildman–Crippen MR) is 69.6 cm³/mol. The third kappa shape index (κ3) is 5.79. The van der Waals surface area contributed by atoms with Gasteiger partial charge in [-0.05, 0) is 31.4 Å². The summed E-state index contributed by atoms with van der Waals surface area (Å²) in [6, 6.07) is 0. The molecule has 0 radical (unpaired) electrons. The number of aliphatic hydroxyl groups is 1. The van der Waals surface area contributed by atoms with E-state index in [1.54, 1.807) is 6.92 Å². The quantitative estimate of drug-likeness (QED) is 0.652. The van der Waals surface area contributed by atoms with Crippen LogP contribution in [0, 0.1) is 5.92 Å². The molecular formula is C14H18O6. The molecule has 0 aromatic carbocycles. The van der Waals surface area contributed by atoms with Gasteiger partial charge in [-0.25, -0.2) is 9.59 Å². The fourth-order valence-electron chi connectivity index (χ4n) is 1.58. The molecule has 6 heteroatoms. The van der Waals surface area contributed by atoms with Crippen molar-refractivity contribution in [3.8, 4) is 0 Å². The first-order valence-corrected chi connectivity index (χ1v) is 6.34. The first kappa shape index (κ1) is 16.1. The van der Waals surface area contributed by atoms with E-state index in [-0.39, 0.29) is 12.5 Å². The smallest absolute Gasteiger partial charge is 0.331 e. The van der Waals surface area contributed by atoms with Crippen LogP contribution in [0.4, 0.5) is 0 Å². The molecule has 0 saturated carbocycles. The standard InChI is InChI=1S/C14H18O6/c1-9-7-11(15)3-5-14(18)20-10(2)12(16)4-6-13(17)19-8-9/h3-6,9-11,15H,7-8H2,1-2H3/b5-3+,6-4+/t9-,10+,11-/m0/s1. The third-order valence-corrected chi connectivity index (χ3v) is 2.69. The van der Waals surface area contributed by atoms with E-state index in [9.17, 15) is 19.5 Å². The van der Waals surface area contributed by atoms with Crippen molar-refractivity contribution in [1.82, 2.24) is 0 Å². The highest BCUT2D eigenvalue weighted by Crippen LogP contribution is 2.09. The van der Waals surface area contributed by atoms with Gasteiger partial charge in [0, 0.05) is 12.2 Å². The zero-order chi connectivity index (χ0) is 15.1. The molecule has 1 rings (SSSR count). The molecule has 6 nitrogen and oxygen atoms in total. The van der Waals surface area contributed by atoms with E-state index >= 15 is 0 Å². The molecule has 1 N–H and O–H groups in total. The number of aliphatic hydroxyl groups excluding tert-OH is 1. The van der Waals surface area contributed by atoms with Crippen molar-refractivity contribution < 1.29 is 29.0 Å². The van der Waals surface area contributed by atoms with Crippen molar-refractivity contribution >= 4 is 17.7 Å². The Bertz CT molecular complexity index is 437. The Morgan fingerprint density at radius 1 is 1.10 bits per heavy atom. The summed E-state index contributed by atoms with van der Waals surface area (Å²) in [5, 5.41) is 9.68. The summed E-state index contributed by atoms with van der Waals surface area (Å²) in [4.78, 5) is 34.3. The van der Waals surface area contributed by atoms with Gasteiger partial charge in [0.1, 0.15) is 0 Å². The molecule has 0 aromatic heterocycles. The Morgan fingerprint density at radius 2 is 1.80 bits per heavy atom. The lowest BCUT2D eigenvalue weighted by molar-refractivity contribution is -0.147. The van der Waals surface area contributed by atoms with E-state index in [1.807, 2.05) is 0 Å². The van der Waals surface area contributed by atoms with Gasteiger partial charge in [0.2, 0.25) is 0 Å². The number of carbonyl (C=O) groups is 3. The molecule has 1 aliphatic rings. The molecule has 0 fully saturated rings. The number of ketones is 1. The van der Waals surface area contributed by atoms with E-state index < -0.39 is 29.9 Å². The molecule has 110 valence electrons. The lowest BCUT2D eigenvalue weighted by Crippen LogP contribution is -2.23. The number of esters is 2. The summed E-state index contributed by atoms with van der Waals surface area (Å²) in [6.07, 6.45) is 2.89. The van der Waals surface area contributed by atoms with Gasteiger partial charge >= 0.3 is 11.9 Å². The molecule has 3 atom stereocenters.